The summed E-state index contributed by atoms with van der Waals surface area (Å²) in [5, 5.41) is 21.5. The minimum Gasteiger partial charge on any atom is -0.496 e. The molecule has 2 rings (SSSR count). The van der Waals surface area contributed by atoms with Crippen molar-refractivity contribution in [2.45, 2.75) is 31.3 Å². The van der Waals surface area contributed by atoms with Crippen LogP contribution in [-0.4, -0.2) is 53.3 Å². The van der Waals surface area contributed by atoms with Gasteiger partial charge in [-0.1, -0.05) is 19.1 Å². The fourth-order valence-electron chi connectivity index (χ4n) is 2.67. The average Bonchev–Trinajstić information content (AvgIpc) is 3.16. The van der Waals surface area contributed by atoms with Crippen LogP contribution in [-0.2, 0) is 12.6 Å². The van der Waals surface area contributed by atoms with Gasteiger partial charge in [0.05, 0.1) is 19.9 Å². The minimum atomic E-state index is -1.07. The summed E-state index contributed by atoms with van der Waals surface area (Å²) < 4.78 is 7.09. The zero-order chi connectivity index (χ0) is 21.3. The number of nitrogens with zero attached hydrogens (tertiary/aromatic N) is 3. The standard InChI is InChI=1S/C21H33N5O2S/c1-6-22-20(24-15-21(3,27)17-12-25-26(4)13-17)23-11-16(2)14-29-19-10-8-7-9-18(19)28-5/h7-10,12-13,16,27H,6,11,14-15H2,1-5H3,(H2,22,23,24). The zero-order valence-corrected chi connectivity index (χ0v) is 18.8. The summed E-state index contributed by atoms with van der Waals surface area (Å²) >= 11 is 1.79. The van der Waals surface area contributed by atoms with Gasteiger partial charge in [-0.2, -0.15) is 5.10 Å². The fraction of sp³-hybridized carbons (Fsp3) is 0.524. The molecule has 7 nitrogen and oxygen atoms in total. The van der Waals surface area contributed by atoms with E-state index in [1.807, 2.05) is 38.4 Å². The number of thioether (sulfide) groups is 1. The molecule has 0 aliphatic carbocycles. The van der Waals surface area contributed by atoms with Crippen LogP contribution in [0.1, 0.15) is 26.3 Å². The van der Waals surface area contributed by atoms with Crippen LogP contribution in [0, 0.1) is 5.92 Å². The molecule has 2 unspecified atom stereocenters. The molecule has 8 heteroatoms. The van der Waals surface area contributed by atoms with Crippen molar-refractivity contribution in [3.63, 3.8) is 0 Å². The van der Waals surface area contributed by atoms with Gasteiger partial charge in [-0.05, 0) is 31.9 Å². The van der Waals surface area contributed by atoms with Crippen LogP contribution in [0.4, 0.5) is 0 Å². The molecule has 1 heterocycles. The van der Waals surface area contributed by atoms with E-state index in [9.17, 15) is 5.11 Å². The number of ether oxygens (including phenoxy) is 1. The molecule has 1 aromatic carbocycles. The monoisotopic (exact) mass is 419 g/mol. The van der Waals surface area contributed by atoms with Gasteiger partial charge in [0.2, 0.25) is 0 Å². The topological polar surface area (TPSA) is 83.7 Å². The number of benzene rings is 1. The summed E-state index contributed by atoms with van der Waals surface area (Å²) in [6.07, 6.45) is 3.49. The third kappa shape index (κ3) is 7.29. The summed E-state index contributed by atoms with van der Waals surface area (Å²) in [6, 6.07) is 8.07. The first kappa shape index (κ1) is 23.1. The molecule has 3 N–H and O–H groups in total. The summed E-state index contributed by atoms with van der Waals surface area (Å²) in [6.45, 7) is 7.76. The molecule has 0 aliphatic heterocycles. The molecule has 0 amide bonds. The first-order chi connectivity index (χ1) is 13.9. The summed E-state index contributed by atoms with van der Waals surface area (Å²) in [4.78, 5) is 5.72. The Balaban J connectivity index is 1.88. The average molecular weight is 420 g/mol. The molecule has 0 aliphatic rings. The van der Waals surface area contributed by atoms with Crippen LogP contribution in [0.5, 0.6) is 5.75 Å². The number of nitrogens with one attached hydrogen (secondary N) is 2. The molecular weight excluding hydrogens is 386 g/mol. The van der Waals surface area contributed by atoms with Crippen LogP contribution >= 0.6 is 11.8 Å². The third-order valence-corrected chi connectivity index (χ3v) is 5.81. The molecule has 0 saturated carbocycles. The Kier molecular flexibility index (Phi) is 8.85. The third-order valence-electron chi connectivity index (χ3n) is 4.43. The Labute approximate surface area is 178 Å². The van der Waals surface area contributed by atoms with Gasteiger partial charge in [0.1, 0.15) is 11.4 Å². The highest BCUT2D eigenvalue weighted by molar-refractivity contribution is 7.99. The molecule has 0 fully saturated rings. The number of methoxy groups -OCH3 is 1. The van der Waals surface area contributed by atoms with E-state index in [4.69, 9.17) is 4.74 Å². The second kappa shape index (κ2) is 11.1. The van der Waals surface area contributed by atoms with Crippen LogP contribution in [0.15, 0.2) is 46.5 Å². The van der Waals surface area contributed by atoms with Gasteiger partial charge in [0.15, 0.2) is 5.96 Å². The molecule has 0 radical (unpaired) electrons. The van der Waals surface area contributed by atoms with Gasteiger partial charge in [-0.15, -0.1) is 11.8 Å². The SMILES string of the molecule is CCNC(=NCC(C)(O)c1cnn(C)c1)NCC(C)CSc1ccccc1OC. The lowest BCUT2D eigenvalue weighted by atomic mass is 10.0. The maximum Gasteiger partial charge on any atom is 0.191 e. The van der Waals surface area contributed by atoms with Gasteiger partial charge in [0, 0.05) is 42.5 Å². The highest BCUT2D eigenvalue weighted by Gasteiger charge is 2.24. The van der Waals surface area contributed by atoms with Gasteiger partial charge < -0.3 is 20.5 Å². The van der Waals surface area contributed by atoms with Crippen molar-refractivity contribution in [1.29, 1.82) is 0 Å². The summed E-state index contributed by atoms with van der Waals surface area (Å²) in [5.74, 6) is 2.99. The van der Waals surface area contributed by atoms with E-state index in [-0.39, 0.29) is 6.54 Å². The Bertz CT molecular complexity index is 791. The first-order valence-corrected chi connectivity index (χ1v) is 10.8. The second-order valence-electron chi connectivity index (χ2n) is 7.32. The molecule has 2 aromatic rings. The quantitative estimate of drug-likeness (QED) is 0.312. The van der Waals surface area contributed by atoms with E-state index in [1.54, 1.807) is 36.7 Å². The van der Waals surface area contributed by atoms with Crippen LogP contribution in [0.25, 0.3) is 0 Å². The summed E-state index contributed by atoms with van der Waals surface area (Å²) in [5.41, 5.74) is -0.316. The van der Waals surface area contributed by atoms with Gasteiger partial charge in [-0.3, -0.25) is 4.68 Å². The maximum absolute atomic E-state index is 10.7. The van der Waals surface area contributed by atoms with E-state index >= 15 is 0 Å². The normalized spacial score (nSPS) is 14.9. The lowest BCUT2D eigenvalue weighted by Crippen LogP contribution is -2.41. The molecule has 1 aromatic heterocycles. The van der Waals surface area contributed by atoms with Gasteiger partial charge >= 0.3 is 0 Å². The minimum absolute atomic E-state index is 0.248. The highest BCUT2D eigenvalue weighted by atomic mass is 32.2. The number of aliphatic hydroxyl groups is 1. The van der Waals surface area contributed by atoms with Crippen LogP contribution in [0.3, 0.4) is 0 Å². The maximum atomic E-state index is 10.7. The van der Waals surface area contributed by atoms with Crippen molar-refractivity contribution in [2.75, 3.05) is 32.5 Å². The highest BCUT2D eigenvalue weighted by Crippen LogP contribution is 2.29. The largest absolute Gasteiger partial charge is 0.496 e. The number of guanidine groups is 1. The van der Waals surface area contributed by atoms with Crippen molar-refractivity contribution in [1.82, 2.24) is 20.4 Å². The van der Waals surface area contributed by atoms with Crippen molar-refractivity contribution < 1.29 is 9.84 Å². The van der Waals surface area contributed by atoms with Crippen molar-refractivity contribution in [3.05, 3.63) is 42.2 Å². The molecule has 0 saturated heterocycles. The number of hydrogen-bond acceptors (Lipinski definition) is 5. The Morgan fingerprint density at radius 2 is 2.14 bits per heavy atom. The van der Waals surface area contributed by atoms with Gasteiger partial charge in [-0.25, -0.2) is 4.99 Å². The Morgan fingerprint density at radius 3 is 2.79 bits per heavy atom. The lowest BCUT2D eigenvalue weighted by molar-refractivity contribution is 0.0672. The molecule has 0 spiro atoms. The molecule has 160 valence electrons. The number of hydrogen-bond donors (Lipinski definition) is 3. The fourth-order valence-corrected chi connectivity index (χ4v) is 3.72. The van der Waals surface area contributed by atoms with E-state index in [2.05, 4.69) is 33.7 Å². The summed E-state index contributed by atoms with van der Waals surface area (Å²) in [7, 11) is 3.53. The Morgan fingerprint density at radius 1 is 1.38 bits per heavy atom. The van der Waals surface area contributed by atoms with Crippen molar-refractivity contribution in [2.24, 2.45) is 18.0 Å². The lowest BCUT2D eigenvalue weighted by Gasteiger charge is -2.21. The van der Waals surface area contributed by atoms with E-state index in [1.165, 1.54) is 0 Å². The van der Waals surface area contributed by atoms with Crippen LogP contribution < -0.4 is 15.4 Å². The number of rotatable bonds is 10. The predicted molar refractivity (Wildman–Crippen MR) is 120 cm³/mol. The van der Waals surface area contributed by atoms with E-state index < -0.39 is 5.60 Å². The van der Waals surface area contributed by atoms with Crippen LogP contribution in [0.2, 0.25) is 0 Å². The zero-order valence-electron chi connectivity index (χ0n) is 18.0. The molecule has 0 bridgehead atoms. The molecular formula is C21H33N5O2S. The molecule has 2 atom stereocenters. The smallest absolute Gasteiger partial charge is 0.191 e. The van der Waals surface area contributed by atoms with Gasteiger partial charge in [0.25, 0.3) is 0 Å². The number of aliphatic imine (C=N–C) groups is 1. The van der Waals surface area contributed by atoms with Crippen molar-refractivity contribution >= 4 is 17.7 Å². The van der Waals surface area contributed by atoms with E-state index in [0.29, 0.717) is 11.9 Å². The van der Waals surface area contributed by atoms with Crippen molar-refractivity contribution in [3.8, 4) is 5.75 Å². The second-order valence-corrected chi connectivity index (χ2v) is 8.38. The van der Waals surface area contributed by atoms with E-state index in [0.717, 1.165) is 35.1 Å². The molecule has 29 heavy (non-hydrogen) atoms. The Hall–Kier alpha value is -2.19. The number of para-hydroxylation sites is 1. The predicted octanol–water partition coefficient (Wildman–Crippen LogP) is 2.62. The first-order valence-electron chi connectivity index (χ1n) is 9.85. The number of aromatic nitrogens is 2. The number of aryl methyl sites for hydroxylation is 1.